The van der Waals surface area contributed by atoms with E-state index in [1.807, 2.05) is 72.8 Å². The predicted octanol–water partition coefficient (Wildman–Crippen LogP) is 4.51. The molecule has 3 N–H and O–H groups in total. The van der Waals surface area contributed by atoms with Crippen LogP contribution in [0, 0.1) is 0 Å². The second-order valence-electron chi connectivity index (χ2n) is 6.86. The van der Waals surface area contributed by atoms with Crippen LogP contribution in [0.1, 0.15) is 5.56 Å². The molecule has 2 aromatic heterocycles. The Labute approximate surface area is 185 Å². The summed E-state index contributed by atoms with van der Waals surface area (Å²) in [6.07, 6.45) is 3.18. The summed E-state index contributed by atoms with van der Waals surface area (Å²) in [5, 5.41) is 9.16. The van der Waals surface area contributed by atoms with Crippen LogP contribution in [-0.2, 0) is 16.1 Å². The number of aromatic nitrogens is 3. The number of nitrogens with one attached hydrogen (secondary N) is 3. The fourth-order valence-electron chi connectivity index (χ4n) is 2.88. The fraction of sp³-hybridized carbons (Fsp3) is 0.0833. The number of pyridine rings is 1. The minimum absolute atomic E-state index is 0.0120. The van der Waals surface area contributed by atoms with Crippen LogP contribution in [0.15, 0.2) is 91.4 Å². The molecule has 0 aliphatic carbocycles. The number of carbonyl (C=O) groups excluding carboxylic acids is 1. The zero-order valence-corrected chi connectivity index (χ0v) is 17.2. The normalized spacial score (nSPS) is 10.4. The largest absolute Gasteiger partial charge is 0.367 e. The minimum atomic E-state index is -0.206. The molecule has 0 unspecified atom stereocenters. The first-order valence-electron chi connectivity index (χ1n) is 10.0. The lowest BCUT2D eigenvalue weighted by Gasteiger charge is -2.10. The van der Waals surface area contributed by atoms with Gasteiger partial charge in [0.2, 0.25) is 5.91 Å². The van der Waals surface area contributed by atoms with Gasteiger partial charge < -0.3 is 20.7 Å². The number of nitrogens with zero attached hydrogens (tertiary/aromatic N) is 3. The van der Waals surface area contributed by atoms with Gasteiger partial charge >= 0.3 is 0 Å². The van der Waals surface area contributed by atoms with E-state index in [0.717, 1.165) is 11.3 Å². The zero-order valence-electron chi connectivity index (χ0n) is 17.2. The van der Waals surface area contributed by atoms with Crippen molar-refractivity contribution in [2.75, 3.05) is 22.6 Å². The van der Waals surface area contributed by atoms with Gasteiger partial charge in [0.25, 0.3) is 0 Å². The molecule has 0 saturated carbocycles. The van der Waals surface area contributed by atoms with Crippen LogP contribution in [0.2, 0.25) is 0 Å². The standard InChI is InChI=1S/C24H22N6O2/c31-24(16-32-15-18-6-2-1-3-7-18)29-20-11-9-19(10-12-20)28-22-14-23(27-17-26-22)30-21-8-4-5-13-25-21/h1-14,17H,15-16H2,(H,29,31)(H2,25,26,27,28,30). The van der Waals surface area contributed by atoms with Crippen molar-refractivity contribution in [2.45, 2.75) is 6.61 Å². The van der Waals surface area contributed by atoms with E-state index in [1.54, 1.807) is 12.3 Å². The number of amides is 1. The average Bonchev–Trinajstić information content (AvgIpc) is 2.82. The Hall–Kier alpha value is -4.30. The summed E-state index contributed by atoms with van der Waals surface area (Å²) in [6, 6.07) is 24.5. The van der Waals surface area contributed by atoms with Crippen molar-refractivity contribution in [3.8, 4) is 0 Å². The van der Waals surface area contributed by atoms with Gasteiger partial charge in [0.1, 0.15) is 30.4 Å². The summed E-state index contributed by atoms with van der Waals surface area (Å²) in [4.78, 5) is 24.7. The smallest absolute Gasteiger partial charge is 0.250 e. The average molecular weight is 426 g/mol. The molecule has 0 aliphatic heterocycles. The van der Waals surface area contributed by atoms with Gasteiger partial charge in [-0.1, -0.05) is 36.4 Å². The van der Waals surface area contributed by atoms with Gasteiger partial charge in [-0.2, -0.15) is 0 Å². The Morgan fingerprint density at radius 1 is 0.750 bits per heavy atom. The van der Waals surface area contributed by atoms with Crippen molar-refractivity contribution in [3.63, 3.8) is 0 Å². The van der Waals surface area contributed by atoms with Gasteiger partial charge in [0, 0.05) is 23.6 Å². The van der Waals surface area contributed by atoms with E-state index in [4.69, 9.17) is 4.74 Å². The van der Waals surface area contributed by atoms with Crippen LogP contribution >= 0.6 is 0 Å². The number of carbonyl (C=O) groups is 1. The Morgan fingerprint density at radius 3 is 2.22 bits per heavy atom. The zero-order chi connectivity index (χ0) is 22.0. The molecule has 160 valence electrons. The summed E-state index contributed by atoms with van der Waals surface area (Å²) < 4.78 is 5.46. The summed E-state index contributed by atoms with van der Waals surface area (Å²) in [5.74, 6) is 1.75. The van der Waals surface area contributed by atoms with E-state index in [2.05, 4.69) is 30.9 Å². The van der Waals surface area contributed by atoms with Crippen molar-refractivity contribution in [3.05, 3.63) is 97.0 Å². The maximum Gasteiger partial charge on any atom is 0.250 e. The summed E-state index contributed by atoms with van der Waals surface area (Å²) in [7, 11) is 0. The third-order valence-electron chi connectivity index (χ3n) is 4.37. The van der Waals surface area contributed by atoms with Crippen molar-refractivity contribution in [1.82, 2.24) is 15.0 Å². The van der Waals surface area contributed by atoms with Crippen molar-refractivity contribution in [2.24, 2.45) is 0 Å². The van der Waals surface area contributed by atoms with Crippen molar-refractivity contribution in [1.29, 1.82) is 0 Å². The molecule has 8 heteroatoms. The van der Waals surface area contributed by atoms with Crippen LogP contribution in [0.4, 0.5) is 28.8 Å². The van der Waals surface area contributed by atoms with E-state index in [0.29, 0.717) is 29.7 Å². The maximum atomic E-state index is 12.1. The highest BCUT2D eigenvalue weighted by Crippen LogP contribution is 2.20. The van der Waals surface area contributed by atoms with Crippen molar-refractivity contribution < 1.29 is 9.53 Å². The summed E-state index contributed by atoms with van der Waals surface area (Å²) >= 11 is 0. The first-order chi connectivity index (χ1) is 15.7. The molecule has 0 spiro atoms. The molecule has 2 aromatic carbocycles. The predicted molar refractivity (Wildman–Crippen MR) is 124 cm³/mol. The Morgan fingerprint density at radius 2 is 1.47 bits per heavy atom. The van der Waals surface area contributed by atoms with Gasteiger partial charge in [0.15, 0.2) is 0 Å². The van der Waals surface area contributed by atoms with E-state index >= 15 is 0 Å². The lowest BCUT2D eigenvalue weighted by atomic mass is 10.2. The number of hydrogen-bond donors (Lipinski definition) is 3. The van der Waals surface area contributed by atoms with E-state index in [1.165, 1.54) is 6.33 Å². The molecule has 2 heterocycles. The monoisotopic (exact) mass is 426 g/mol. The fourth-order valence-corrected chi connectivity index (χ4v) is 2.88. The number of hydrogen-bond acceptors (Lipinski definition) is 7. The van der Waals surface area contributed by atoms with Crippen LogP contribution in [0.25, 0.3) is 0 Å². The molecule has 0 fully saturated rings. The molecule has 0 aliphatic rings. The van der Waals surface area contributed by atoms with Crippen LogP contribution in [-0.4, -0.2) is 27.5 Å². The van der Waals surface area contributed by atoms with Gasteiger partial charge in [-0.05, 0) is 42.0 Å². The Balaban J connectivity index is 1.27. The van der Waals surface area contributed by atoms with Gasteiger partial charge in [-0.3, -0.25) is 4.79 Å². The third kappa shape index (κ3) is 6.35. The minimum Gasteiger partial charge on any atom is -0.367 e. The quantitative estimate of drug-likeness (QED) is 0.362. The number of ether oxygens (including phenoxy) is 1. The molecule has 32 heavy (non-hydrogen) atoms. The highest BCUT2D eigenvalue weighted by atomic mass is 16.5. The number of benzene rings is 2. The van der Waals surface area contributed by atoms with Gasteiger partial charge in [-0.15, -0.1) is 0 Å². The lowest BCUT2D eigenvalue weighted by Crippen LogP contribution is -2.18. The first-order valence-corrected chi connectivity index (χ1v) is 10.0. The molecule has 0 atom stereocenters. The van der Waals surface area contributed by atoms with E-state index in [-0.39, 0.29) is 12.5 Å². The summed E-state index contributed by atoms with van der Waals surface area (Å²) in [6.45, 7) is 0.384. The van der Waals surface area contributed by atoms with Gasteiger partial charge in [0.05, 0.1) is 6.61 Å². The molecular formula is C24H22N6O2. The molecule has 8 nitrogen and oxygen atoms in total. The second kappa shape index (κ2) is 10.6. The molecule has 0 bridgehead atoms. The second-order valence-corrected chi connectivity index (χ2v) is 6.86. The highest BCUT2D eigenvalue weighted by molar-refractivity contribution is 5.91. The van der Waals surface area contributed by atoms with Crippen LogP contribution in [0.3, 0.4) is 0 Å². The van der Waals surface area contributed by atoms with E-state index in [9.17, 15) is 4.79 Å². The highest BCUT2D eigenvalue weighted by Gasteiger charge is 2.05. The number of anilines is 5. The molecule has 4 rings (SSSR count). The first kappa shape index (κ1) is 21.0. The summed E-state index contributed by atoms with van der Waals surface area (Å²) in [5.41, 5.74) is 2.54. The lowest BCUT2D eigenvalue weighted by molar-refractivity contribution is -0.121. The Kier molecular flexibility index (Phi) is 6.97. The maximum absolute atomic E-state index is 12.1. The van der Waals surface area contributed by atoms with Crippen LogP contribution in [0.5, 0.6) is 0 Å². The molecule has 4 aromatic rings. The van der Waals surface area contributed by atoms with Gasteiger partial charge in [-0.25, -0.2) is 15.0 Å². The molecular weight excluding hydrogens is 404 g/mol. The van der Waals surface area contributed by atoms with Crippen molar-refractivity contribution >= 4 is 34.7 Å². The molecule has 0 saturated heterocycles. The SMILES string of the molecule is O=C(COCc1ccccc1)Nc1ccc(Nc2cc(Nc3ccccn3)ncn2)cc1. The molecule has 1 amide bonds. The molecule has 0 radical (unpaired) electrons. The van der Waals surface area contributed by atoms with E-state index < -0.39 is 0 Å². The number of rotatable bonds is 9. The Bertz CT molecular complexity index is 1140. The third-order valence-corrected chi connectivity index (χ3v) is 4.37. The topological polar surface area (TPSA) is 101 Å². The van der Waals surface area contributed by atoms with Crippen LogP contribution < -0.4 is 16.0 Å².